The Balaban J connectivity index is -0.000000233. The highest BCUT2D eigenvalue weighted by Gasteiger charge is 1.97. The smallest absolute Gasteiger partial charge is 0.303 e. The molecule has 0 unspecified atom stereocenters. The SMILES string of the molecule is CCCCCCCCCCCC(=O)O.CCCCCCCCCCCC(=O)O.OCC(O)CO.OCC(O)CO. The first-order valence-corrected chi connectivity index (χ1v) is 15.4. The predicted molar refractivity (Wildman–Crippen MR) is 159 cm³/mol. The molecule has 0 aliphatic rings. The number of carboxylic acid groups (broad SMARTS) is 2. The fourth-order valence-electron chi connectivity index (χ4n) is 3.29. The van der Waals surface area contributed by atoms with Crippen LogP contribution in [0.3, 0.4) is 0 Å². The number of hydrogen-bond donors (Lipinski definition) is 8. The Morgan fingerprint density at radius 2 is 0.625 bits per heavy atom. The van der Waals surface area contributed by atoms with Gasteiger partial charge in [0.2, 0.25) is 0 Å². The van der Waals surface area contributed by atoms with Crippen LogP contribution in [0.2, 0.25) is 0 Å². The molecule has 0 rings (SSSR count). The van der Waals surface area contributed by atoms with Crippen molar-refractivity contribution in [3.05, 3.63) is 0 Å². The van der Waals surface area contributed by atoms with Crippen molar-refractivity contribution in [2.24, 2.45) is 0 Å². The molecule has 0 aliphatic heterocycles. The van der Waals surface area contributed by atoms with Crippen molar-refractivity contribution in [2.75, 3.05) is 26.4 Å². The Labute approximate surface area is 243 Å². The lowest BCUT2D eigenvalue weighted by Gasteiger charge is -2.00. The summed E-state index contributed by atoms with van der Waals surface area (Å²) in [6.07, 6.45) is 21.0. The van der Waals surface area contributed by atoms with Gasteiger partial charge in [-0.15, -0.1) is 0 Å². The number of hydrogen-bond acceptors (Lipinski definition) is 8. The lowest BCUT2D eigenvalue weighted by atomic mass is 10.1. The third-order valence-electron chi connectivity index (χ3n) is 5.83. The van der Waals surface area contributed by atoms with Gasteiger partial charge in [-0.25, -0.2) is 0 Å². The Morgan fingerprint density at radius 3 is 0.775 bits per heavy atom. The van der Waals surface area contributed by atoms with Gasteiger partial charge >= 0.3 is 11.9 Å². The fourth-order valence-corrected chi connectivity index (χ4v) is 3.29. The third-order valence-corrected chi connectivity index (χ3v) is 5.83. The highest BCUT2D eigenvalue weighted by atomic mass is 16.4. The monoisotopic (exact) mass is 584 g/mol. The molecule has 40 heavy (non-hydrogen) atoms. The van der Waals surface area contributed by atoms with E-state index in [-0.39, 0.29) is 26.4 Å². The van der Waals surface area contributed by atoms with Crippen molar-refractivity contribution < 1.29 is 50.4 Å². The van der Waals surface area contributed by atoms with Gasteiger partial charge in [0.1, 0.15) is 12.2 Å². The first kappa shape index (κ1) is 45.7. The zero-order chi connectivity index (χ0) is 31.3. The van der Waals surface area contributed by atoms with E-state index in [1.165, 1.54) is 89.9 Å². The molecule has 0 amide bonds. The molecule has 0 heterocycles. The van der Waals surface area contributed by atoms with E-state index in [4.69, 9.17) is 40.9 Å². The molecule has 0 atom stereocenters. The average molecular weight is 585 g/mol. The summed E-state index contributed by atoms with van der Waals surface area (Å²) in [5.74, 6) is -1.32. The zero-order valence-corrected chi connectivity index (χ0v) is 25.5. The second kappa shape index (κ2) is 42.2. The minimum Gasteiger partial charge on any atom is -0.481 e. The van der Waals surface area contributed by atoms with Crippen molar-refractivity contribution in [1.82, 2.24) is 0 Å². The fraction of sp³-hybridized carbons (Fsp3) is 0.933. The summed E-state index contributed by atoms with van der Waals surface area (Å²) >= 11 is 0. The Morgan fingerprint density at radius 1 is 0.425 bits per heavy atom. The normalized spacial score (nSPS) is 10.2. The van der Waals surface area contributed by atoms with Crippen LogP contribution in [0.1, 0.15) is 142 Å². The number of unbranched alkanes of at least 4 members (excludes halogenated alkanes) is 16. The topological polar surface area (TPSA) is 196 Å². The third kappa shape index (κ3) is 56.8. The second-order valence-electron chi connectivity index (χ2n) is 9.98. The standard InChI is InChI=1S/2C12H24O2.2C3H8O3/c2*1-2-3-4-5-6-7-8-9-10-11-12(13)14;2*4-1-3(6)2-5/h2*2-11H2,1H3,(H,13,14);2*3-6H,1-2H2. The van der Waals surface area contributed by atoms with Crippen molar-refractivity contribution in [1.29, 1.82) is 0 Å². The van der Waals surface area contributed by atoms with E-state index in [0.29, 0.717) is 12.8 Å². The lowest BCUT2D eigenvalue weighted by molar-refractivity contribution is -0.138. The molecule has 0 spiro atoms. The van der Waals surface area contributed by atoms with E-state index in [2.05, 4.69) is 13.8 Å². The second-order valence-corrected chi connectivity index (χ2v) is 9.98. The number of aliphatic hydroxyl groups is 6. The number of carboxylic acids is 2. The maximum atomic E-state index is 10.2. The molecular formula is C30H64O10. The van der Waals surface area contributed by atoms with Crippen LogP contribution in [-0.4, -0.2) is 91.4 Å². The van der Waals surface area contributed by atoms with Gasteiger partial charge in [0.25, 0.3) is 0 Å². The van der Waals surface area contributed by atoms with Gasteiger partial charge in [-0.05, 0) is 12.8 Å². The summed E-state index contributed by atoms with van der Waals surface area (Å²) in [5.41, 5.74) is 0. The summed E-state index contributed by atoms with van der Waals surface area (Å²) in [6.45, 7) is 3.00. The highest BCUT2D eigenvalue weighted by molar-refractivity contribution is 5.66. The van der Waals surface area contributed by atoms with Crippen LogP contribution in [0.5, 0.6) is 0 Å². The molecule has 0 saturated heterocycles. The Kier molecular flexibility index (Phi) is 48.2. The molecule has 0 aromatic heterocycles. The van der Waals surface area contributed by atoms with E-state index >= 15 is 0 Å². The average Bonchev–Trinajstić information content (AvgIpc) is 2.95. The van der Waals surface area contributed by atoms with Gasteiger partial charge in [-0.2, -0.15) is 0 Å². The summed E-state index contributed by atoms with van der Waals surface area (Å²) < 4.78 is 0. The van der Waals surface area contributed by atoms with E-state index in [0.717, 1.165) is 25.7 Å². The van der Waals surface area contributed by atoms with Gasteiger partial charge in [0.05, 0.1) is 26.4 Å². The molecule has 10 nitrogen and oxygen atoms in total. The van der Waals surface area contributed by atoms with E-state index in [9.17, 15) is 9.59 Å². The number of aliphatic hydroxyl groups excluding tert-OH is 6. The van der Waals surface area contributed by atoms with Crippen LogP contribution in [0, 0.1) is 0 Å². The maximum Gasteiger partial charge on any atom is 0.303 e. The molecule has 0 radical (unpaired) electrons. The molecule has 0 aromatic carbocycles. The van der Waals surface area contributed by atoms with Crippen LogP contribution in [0.15, 0.2) is 0 Å². The number of rotatable bonds is 24. The Bertz CT molecular complexity index is 427. The van der Waals surface area contributed by atoms with Crippen molar-refractivity contribution in [3.8, 4) is 0 Å². The molecule has 0 aromatic rings. The van der Waals surface area contributed by atoms with Gasteiger partial charge in [-0.3, -0.25) is 9.59 Å². The summed E-state index contributed by atoms with van der Waals surface area (Å²) in [4.78, 5) is 20.4. The predicted octanol–water partition coefficient (Wildman–Crippen LogP) is 4.65. The quantitative estimate of drug-likeness (QED) is 0.0740. The van der Waals surface area contributed by atoms with Crippen LogP contribution in [0.4, 0.5) is 0 Å². The van der Waals surface area contributed by atoms with E-state index in [1.54, 1.807) is 0 Å². The summed E-state index contributed by atoms with van der Waals surface area (Å²) in [7, 11) is 0. The molecule has 0 aliphatic carbocycles. The van der Waals surface area contributed by atoms with E-state index in [1.807, 2.05) is 0 Å². The molecule has 244 valence electrons. The molecular weight excluding hydrogens is 520 g/mol. The molecule has 0 bridgehead atoms. The number of carbonyl (C=O) groups is 2. The molecule has 0 saturated carbocycles. The number of aliphatic carboxylic acids is 2. The minimum atomic E-state index is -0.954. The van der Waals surface area contributed by atoms with Crippen LogP contribution >= 0.6 is 0 Å². The van der Waals surface area contributed by atoms with Crippen LogP contribution in [-0.2, 0) is 9.59 Å². The minimum absolute atomic E-state index is 0.343. The Hall–Kier alpha value is -1.30. The van der Waals surface area contributed by atoms with Crippen molar-refractivity contribution in [2.45, 2.75) is 154 Å². The first-order chi connectivity index (χ1) is 19.2. The highest BCUT2D eigenvalue weighted by Crippen LogP contribution is 2.11. The lowest BCUT2D eigenvalue weighted by Crippen LogP contribution is -2.15. The maximum absolute atomic E-state index is 10.2. The van der Waals surface area contributed by atoms with Crippen LogP contribution < -0.4 is 0 Å². The zero-order valence-electron chi connectivity index (χ0n) is 25.5. The molecule has 0 fully saturated rings. The molecule has 8 N–H and O–H groups in total. The first-order valence-electron chi connectivity index (χ1n) is 15.4. The van der Waals surface area contributed by atoms with Gasteiger partial charge < -0.3 is 40.9 Å². The largest absolute Gasteiger partial charge is 0.481 e. The van der Waals surface area contributed by atoms with Gasteiger partial charge in [0.15, 0.2) is 0 Å². The van der Waals surface area contributed by atoms with Crippen molar-refractivity contribution >= 4 is 11.9 Å². The van der Waals surface area contributed by atoms with Crippen LogP contribution in [0.25, 0.3) is 0 Å². The van der Waals surface area contributed by atoms with Crippen molar-refractivity contribution in [3.63, 3.8) is 0 Å². The van der Waals surface area contributed by atoms with E-state index < -0.39 is 24.1 Å². The van der Waals surface area contributed by atoms with Gasteiger partial charge in [0, 0.05) is 12.8 Å². The van der Waals surface area contributed by atoms with Gasteiger partial charge in [-0.1, -0.05) is 117 Å². The molecule has 10 heteroatoms. The summed E-state index contributed by atoms with van der Waals surface area (Å²) in [6, 6.07) is 0. The summed E-state index contributed by atoms with van der Waals surface area (Å²) in [5, 5.41) is 64.9.